The molecule has 0 spiro atoms. The summed E-state index contributed by atoms with van der Waals surface area (Å²) < 4.78 is 0. The van der Waals surface area contributed by atoms with Crippen molar-refractivity contribution in [2.24, 2.45) is 0 Å². The Kier molecular flexibility index (Phi) is 3.38. The van der Waals surface area contributed by atoms with Crippen LogP contribution >= 0.6 is 0 Å². The molecule has 2 heterocycles. The lowest BCUT2D eigenvalue weighted by Gasteiger charge is -2.07. The van der Waals surface area contributed by atoms with Crippen molar-refractivity contribution in [2.75, 3.05) is 17.6 Å². The average molecular weight is 236 g/mol. The van der Waals surface area contributed by atoms with E-state index in [2.05, 4.69) is 25.3 Å². The van der Waals surface area contributed by atoms with Gasteiger partial charge in [-0.2, -0.15) is 9.97 Å². The molecule has 0 bridgehead atoms. The highest BCUT2D eigenvalue weighted by molar-refractivity contribution is 5.83. The maximum absolute atomic E-state index is 9.14. The molecule has 0 fully saturated rings. The molecule has 17 heavy (non-hydrogen) atoms. The summed E-state index contributed by atoms with van der Waals surface area (Å²) in [6.07, 6.45) is 2.89. The van der Waals surface area contributed by atoms with E-state index in [1.165, 1.54) is 0 Å². The van der Waals surface area contributed by atoms with E-state index in [-0.39, 0.29) is 12.1 Å². The molecular weight excluding hydrogens is 220 g/mol. The predicted molar refractivity (Wildman–Crippen MR) is 65.5 cm³/mol. The van der Waals surface area contributed by atoms with Crippen LogP contribution in [0, 0.1) is 0 Å². The summed E-state index contributed by atoms with van der Waals surface area (Å²) in [5, 5.41) is 12.3. The number of hydrogen-bond donors (Lipinski definition) is 4. The van der Waals surface area contributed by atoms with Crippen molar-refractivity contribution in [3.63, 3.8) is 0 Å². The van der Waals surface area contributed by atoms with E-state index in [0.717, 1.165) is 24.9 Å². The van der Waals surface area contributed by atoms with Gasteiger partial charge in [-0.25, -0.2) is 4.98 Å². The number of anilines is 2. The van der Waals surface area contributed by atoms with Gasteiger partial charge in [0, 0.05) is 6.54 Å². The summed E-state index contributed by atoms with van der Waals surface area (Å²) >= 11 is 0. The van der Waals surface area contributed by atoms with Crippen LogP contribution in [0.4, 0.5) is 11.8 Å². The number of nitrogen functional groups attached to an aromatic ring is 1. The van der Waals surface area contributed by atoms with Crippen LogP contribution in [-0.4, -0.2) is 37.7 Å². The fraction of sp³-hybridized carbons (Fsp3) is 0.500. The van der Waals surface area contributed by atoms with E-state index in [1.807, 2.05) is 0 Å². The van der Waals surface area contributed by atoms with E-state index >= 15 is 0 Å². The number of aromatic nitrogens is 4. The van der Waals surface area contributed by atoms with Gasteiger partial charge < -0.3 is 21.1 Å². The summed E-state index contributed by atoms with van der Waals surface area (Å²) in [5.74, 6) is 0.846. The van der Waals surface area contributed by atoms with Gasteiger partial charge in [-0.15, -0.1) is 0 Å². The Balaban J connectivity index is 2.04. The van der Waals surface area contributed by atoms with Crippen molar-refractivity contribution in [1.82, 2.24) is 19.9 Å². The molecule has 0 aromatic carbocycles. The number of nitrogens with two attached hydrogens (primary N) is 1. The van der Waals surface area contributed by atoms with Crippen LogP contribution in [0.15, 0.2) is 6.33 Å². The Bertz CT molecular complexity index is 495. The van der Waals surface area contributed by atoms with Crippen LogP contribution in [0.3, 0.4) is 0 Å². The van der Waals surface area contributed by atoms with Crippen molar-refractivity contribution in [3.05, 3.63) is 6.33 Å². The Labute approximate surface area is 98.5 Å². The van der Waals surface area contributed by atoms with E-state index in [0.29, 0.717) is 11.5 Å². The number of hydrogen-bond acceptors (Lipinski definition) is 6. The van der Waals surface area contributed by atoms with Gasteiger partial charge in [-0.3, -0.25) is 0 Å². The number of aliphatic hydroxyl groups is 1. The lowest BCUT2D eigenvalue weighted by atomic mass is 10.2. The molecule has 2 aromatic heterocycles. The van der Waals surface area contributed by atoms with Crippen LogP contribution in [0.5, 0.6) is 0 Å². The second-order valence-electron chi connectivity index (χ2n) is 3.95. The third-order valence-corrected chi connectivity index (χ3v) is 2.39. The number of aromatic amines is 1. The van der Waals surface area contributed by atoms with Crippen LogP contribution in [0.25, 0.3) is 11.2 Å². The first kappa shape index (κ1) is 11.6. The fourth-order valence-corrected chi connectivity index (χ4v) is 1.58. The summed E-state index contributed by atoms with van der Waals surface area (Å²) in [6.45, 7) is 2.49. The monoisotopic (exact) mass is 236 g/mol. The minimum Gasteiger partial charge on any atom is -0.393 e. The predicted octanol–water partition coefficient (Wildman–Crippen LogP) is 0.508. The molecule has 92 valence electrons. The van der Waals surface area contributed by atoms with Gasteiger partial charge in [-0.05, 0) is 19.8 Å². The van der Waals surface area contributed by atoms with Gasteiger partial charge in [0.15, 0.2) is 11.5 Å². The first-order valence-corrected chi connectivity index (χ1v) is 5.55. The first-order chi connectivity index (χ1) is 8.16. The minimum absolute atomic E-state index is 0.197. The molecule has 0 aliphatic carbocycles. The van der Waals surface area contributed by atoms with Gasteiger partial charge in [0.05, 0.1) is 12.4 Å². The Morgan fingerprint density at radius 1 is 1.53 bits per heavy atom. The quantitative estimate of drug-likeness (QED) is 0.562. The number of rotatable bonds is 5. The summed E-state index contributed by atoms with van der Waals surface area (Å²) in [4.78, 5) is 15.1. The normalized spacial score (nSPS) is 12.8. The largest absolute Gasteiger partial charge is 0.393 e. The number of aliphatic hydroxyl groups excluding tert-OH is 1. The van der Waals surface area contributed by atoms with E-state index in [4.69, 9.17) is 10.8 Å². The molecule has 0 aliphatic rings. The van der Waals surface area contributed by atoms with Gasteiger partial charge in [0.2, 0.25) is 5.95 Å². The number of nitrogens with one attached hydrogen (secondary N) is 2. The smallest absolute Gasteiger partial charge is 0.224 e. The van der Waals surface area contributed by atoms with Crippen molar-refractivity contribution < 1.29 is 5.11 Å². The second-order valence-corrected chi connectivity index (χ2v) is 3.95. The molecule has 2 aromatic rings. The van der Waals surface area contributed by atoms with E-state index in [1.54, 1.807) is 13.3 Å². The highest BCUT2D eigenvalue weighted by atomic mass is 16.3. The Morgan fingerprint density at radius 3 is 3.12 bits per heavy atom. The lowest BCUT2D eigenvalue weighted by molar-refractivity contribution is 0.183. The molecule has 5 N–H and O–H groups in total. The van der Waals surface area contributed by atoms with Crippen LogP contribution in [0.1, 0.15) is 19.8 Å². The molecule has 0 radical (unpaired) electrons. The van der Waals surface area contributed by atoms with Gasteiger partial charge in [0.25, 0.3) is 0 Å². The number of nitrogens with zero attached hydrogens (tertiary/aromatic N) is 3. The topological polar surface area (TPSA) is 113 Å². The first-order valence-electron chi connectivity index (χ1n) is 5.55. The molecule has 1 unspecified atom stereocenters. The Morgan fingerprint density at radius 2 is 2.35 bits per heavy atom. The van der Waals surface area contributed by atoms with Crippen LogP contribution < -0.4 is 11.1 Å². The minimum atomic E-state index is -0.278. The van der Waals surface area contributed by atoms with Crippen molar-refractivity contribution in [1.29, 1.82) is 0 Å². The number of imidazole rings is 1. The molecule has 7 nitrogen and oxygen atoms in total. The van der Waals surface area contributed by atoms with Crippen molar-refractivity contribution in [2.45, 2.75) is 25.9 Å². The Hall–Kier alpha value is -1.89. The molecule has 2 rings (SSSR count). The standard InChI is InChI=1S/C10H16N6O/c1-6(17)3-2-4-12-8-7-9(14-5-13-7)16-10(11)15-8/h5-6,17H,2-4H2,1H3,(H4,11,12,13,14,15,16). The third-order valence-electron chi connectivity index (χ3n) is 2.39. The zero-order valence-electron chi connectivity index (χ0n) is 9.64. The lowest BCUT2D eigenvalue weighted by Crippen LogP contribution is -2.09. The van der Waals surface area contributed by atoms with Crippen LogP contribution in [0.2, 0.25) is 0 Å². The average Bonchev–Trinajstić information content (AvgIpc) is 2.71. The van der Waals surface area contributed by atoms with E-state index < -0.39 is 0 Å². The van der Waals surface area contributed by atoms with Gasteiger partial charge >= 0.3 is 0 Å². The summed E-state index contributed by atoms with van der Waals surface area (Å²) in [5.41, 5.74) is 6.88. The van der Waals surface area contributed by atoms with Gasteiger partial charge in [-0.1, -0.05) is 0 Å². The van der Waals surface area contributed by atoms with E-state index in [9.17, 15) is 0 Å². The zero-order valence-corrected chi connectivity index (χ0v) is 9.64. The zero-order chi connectivity index (χ0) is 12.3. The summed E-state index contributed by atoms with van der Waals surface area (Å²) in [6, 6.07) is 0. The molecule has 0 aliphatic heterocycles. The highest BCUT2D eigenvalue weighted by Crippen LogP contribution is 2.17. The SMILES string of the molecule is CC(O)CCCNc1nc(N)nc2nc[nH]c12. The summed E-state index contributed by atoms with van der Waals surface area (Å²) in [7, 11) is 0. The highest BCUT2D eigenvalue weighted by Gasteiger charge is 2.07. The third kappa shape index (κ3) is 2.82. The maximum Gasteiger partial charge on any atom is 0.224 e. The molecule has 0 amide bonds. The molecule has 7 heteroatoms. The number of fused-ring (bicyclic) bond motifs is 1. The maximum atomic E-state index is 9.14. The molecule has 0 saturated heterocycles. The van der Waals surface area contributed by atoms with Crippen LogP contribution in [-0.2, 0) is 0 Å². The molecule has 0 saturated carbocycles. The number of H-pyrrole nitrogens is 1. The molecule has 1 atom stereocenters. The van der Waals surface area contributed by atoms with Crippen molar-refractivity contribution >= 4 is 22.9 Å². The fourth-order valence-electron chi connectivity index (χ4n) is 1.58. The second kappa shape index (κ2) is 4.96. The van der Waals surface area contributed by atoms with Crippen molar-refractivity contribution in [3.8, 4) is 0 Å². The van der Waals surface area contributed by atoms with Gasteiger partial charge in [0.1, 0.15) is 5.52 Å². The molecular formula is C10H16N6O.